The van der Waals surface area contributed by atoms with Crippen LogP contribution in [0.15, 0.2) is 30.3 Å². The predicted octanol–water partition coefficient (Wildman–Crippen LogP) is 4.55. The molecule has 130 valence electrons. The summed E-state index contributed by atoms with van der Waals surface area (Å²) in [5, 5.41) is 3.37. The largest absolute Gasteiger partial charge is 0.489 e. The number of benzene rings is 1. The molecule has 5 nitrogen and oxygen atoms in total. The Kier molecular flexibility index (Phi) is 6.41. The molecule has 0 unspecified atom stereocenters. The quantitative estimate of drug-likeness (QED) is 0.770. The summed E-state index contributed by atoms with van der Waals surface area (Å²) in [7, 11) is 2.03. The molecule has 1 N–H and O–H groups in total. The number of anilines is 3. The van der Waals surface area contributed by atoms with E-state index >= 15 is 0 Å². The lowest BCUT2D eigenvalue weighted by Crippen LogP contribution is -2.21. The van der Waals surface area contributed by atoms with Crippen LogP contribution in [0.25, 0.3) is 0 Å². The van der Waals surface area contributed by atoms with E-state index in [1.807, 2.05) is 58.2 Å². The van der Waals surface area contributed by atoms with Crippen LogP contribution in [-0.2, 0) is 0 Å². The summed E-state index contributed by atoms with van der Waals surface area (Å²) < 4.78 is 5.86. The molecular formula is C19H28N4O. The zero-order valence-electron chi connectivity index (χ0n) is 15.3. The van der Waals surface area contributed by atoms with Gasteiger partial charge in [-0.25, -0.2) is 4.98 Å². The molecule has 0 radical (unpaired) electrons. The Bertz CT molecular complexity index is 658. The first-order chi connectivity index (χ1) is 11.5. The molecule has 0 aliphatic carbocycles. The molecule has 0 bridgehead atoms. The highest BCUT2D eigenvalue weighted by Gasteiger charge is 2.10. The molecular weight excluding hydrogens is 300 g/mol. The number of hydrogen-bond donors (Lipinski definition) is 1. The lowest BCUT2D eigenvalue weighted by atomic mass is 10.3. The molecule has 0 saturated carbocycles. The van der Waals surface area contributed by atoms with Crippen molar-refractivity contribution in [3.63, 3.8) is 0 Å². The zero-order chi connectivity index (χ0) is 17.5. The van der Waals surface area contributed by atoms with E-state index in [0.717, 1.165) is 48.3 Å². The molecule has 5 heteroatoms. The molecule has 2 rings (SSSR count). The van der Waals surface area contributed by atoms with Crippen LogP contribution in [0.4, 0.5) is 17.5 Å². The maximum Gasteiger partial charge on any atom is 0.227 e. The molecule has 0 fully saturated rings. The van der Waals surface area contributed by atoms with Gasteiger partial charge in [-0.2, -0.15) is 4.98 Å². The summed E-state index contributed by atoms with van der Waals surface area (Å²) in [4.78, 5) is 11.3. The Morgan fingerprint density at radius 2 is 1.96 bits per heavy atom. The fourth-order valence-corrected chi connectivity index (χ4v) is 2.35. The van der Waals surface area contributed by atoms with Crippen molar-refractivity contribution in [1.29, 1.82) is 0 Å². The van der Waals surface area contributed by atoms with Crippen LogP contribution in [0, 0.1) is 6.92 Å². The average molecular weight is 328 g/mol. The molecule has 1 heterocycles. The number of hydrogen-bond acceptors (Lipinski definition) is 5. The summed E-state index contributed by atoms with van der Waals surface area (Å²) in [5.41, 5.74) is 1.85. The van der Waals surface area contributed by atoms with E-state index in [1.54, 1.807) is 0 Å². The number of unbranched alkanes of at least 4 members (excludes halogenated alkanes) is 1. The first-order valence-electron chi connectivity index (χ1n) is 8.59. The summed E-state index contributed by atoms with van der Waals surface area (Å²) in [6.07, 6.45) is 2.40. The van der Waals surface area contributed by atoms with Crippen LogP contribution < -0.4 is 15.0 Å². The number of aromatic nitrogens is 2. The van der Waals surface area contributed by atoms with E-state index < -0.39 is 0 Å². The van der Waals surface area contributed by atoms with Gasteiger partial charge in [0.1, 0.15) is 11.6 Å². The number of nitrogens with zero attached hydrogens (tertiary/aromatic N) is 3. The van der Waals surface area contributed by atoms with Gasteiger partial charge in [-0.3, -0.25) is 0 Å². The second-order valence-electron chi connectivity index (χ2n) is 6.26. The lowest BCUT2D eigenvalue weighted by Gasteiger charge is -2.19. The maximum absolute atomic E-state index is 5.86. The van der Waals surface area contributed by atoms with Gasteiger partial charge in [-0.15, -0.1) is 0 Å². The lowest BCUT2D eigenvalue weighted by molar-refractivity contribution is 0.244. The third-order valence-electron chi connectivity index (χ3n) is 3.54. The highest BCUT2D eigenvalue weighted by atomic mass is 16.5. The van der Waals surface area contributed by atoms with Gasteiger partial charge in [0.05, 0.1) is 11.8 Å². The summed E-state index contributed by atoms with van der Waals surface area (Å²) >= 11 is 0. The summed E-state index contributed by atoms with van der Waals surface area (Å²) in [5.74, 6) is 2.35. The normalized spacial score (nSPS) is 10.8. The van der Waals surface area contributed by atoms with Crippen LogP contribution >= 0.6 is 0 Å². The first kappa shape index (κ1) is 18.0. The molecule has 1 aromatic carbocycles. The van der Waals surface area contributed by atoms with Crippen molar-refractivity contribution in [1.82, 2.24) is 9.97 Å². The molecule has 0 amide bonds. The third kappa shape index (κ3) is 5.11. The Labute approximate surface area is 145 Å². The van der Waals surface area contributed by atoms with Gasteiger partial charge in [-0.1, -0.05) is 25.5 Å². The number of aryl methyl sites for hydroxylation is 1. The second kappa shape index (κ2) is 8.52. The smallest absolute Gasteiger partial charge is 0.227 e. The van der Waals surface area contributed by atoms with Crippen molar-refractivity contribution in [3.8, 4) is 5.75 Å². The van der Waals surface area contributed by atoms with Gasteiger partial charge >= 0.3 is 0 Å². The SMILES string of the molecule is CCCCN(C)c1nc(C)cc(Nc2ccccc2OC(C)C)n1. The fourth-order valence-electron chi connectivity index (χ4n) is 2.35. The van der Waals surface area contributed by atoms with Crippen LogP contribution in [0.3, 0.4) is 0 Å². The number of rotatable bonds is 8. The van der Waals surface area contributed by atoms with Crippen LogP contribution in [0.2, 0.25) is 0 Å². The van der Waals surface area contributed by atoms with Gasteiger partial charge in [0.15, 0.2) is 0 Å². The van der Waals surface area contributed by atoms with Crippen LogP contribution in [-0.4, -0.2) is 29.7 Å². The first-order valence-corrected chi connectivity index (χ1v) is 8.59. The standard InChI is InChI=1S/C19H28N4O/c1-6-7-12-23(5)19-20-15(4)13-18(22-19)21-16-10-8-9-11-17(16)24-14(2)3/h8-11,13-14H,6-7,12H2,1-5H3,(H,20,21,22). The van der Waals surface area contributed by atoms with Crippen molar-refractivity contribution >= 4 is 17.5 Å². The van der Waals surface area contributed by atoms with Crippen LogP contribution in [0.5, 0.6) is 5.75 Å². The van der Waals surface area contributed by atoms with Gasteiger partial charge in [0.25, 0.3) is 0 Å². The monoisotopic (exact) mass is 328 g/mol. The minimum atomic E-state index is 0.121. The van der Waals surface area contributed by atoms with Gasteiger partial charge in [0.2, 0.25) is 5.95 Å². The van der Waals surface area contributed by atoms with Crippen molar-refractivity contribution in [2.24, 2.45) is 0 Å². The molecule has 0 spiro atoms. The predicted molar refractivity (Wildman–Crippen MR) is 100 cm³/mol. The Morgan fingerprint density at radius 3 is 2.67 bits per heavy atom. The molecule has 1 aromatic heterocycles. The van der Waals surface area contributed by atoms with Gasteiger partial charge < -0.3 is 15.0 Å². The van der Waals surface area contributed by atoms with E-state index in [4.69, 9.17) is 4.74 Å². The van der Waals surface area contributed by atoms with Crippen molar-refractivity contribution in [3.05, 3.63) is 36.0 Å². The highest BCUT2D eigenvalue weighted by Crippen LogP contribution is 2.28. The molecule has 0 aliphatic rings. The van der Waals surface area contributed by atoms with Gasteiger partial charge in [0, 0.05) is 25.4 Å². The topological polar surface area (TPSA) is 50.3 Å². The summed E-state index contributed by atoms with van der Waals surface area (Å²) in [6, 6.07) is 9.86. The average Bonchev–Trinajstić information content (AvgIpc) is 2.53. The Morgan fingerprint density at radius 1 is 1.21 bits per heavy atom. The minimum absolute atomic E-state index is 0.121. The molecule has 0 atom stereocenters. The number of para-hydroxylation sites is 2. The molecule has 24 heavy (non-hydrogen) atoms. The third-order valence-corrected chi connectivity index (χ3v) is 3.54. The van der Waals surface area contributed by atoms with E-state index in [1.165, 1.54) is 0 Å². The Balaban J connectivity index is 2.22. The number of nitrogens with one attached hydrogen (secondary N) is 1. The van der Waals surface area contributed by atoms with Crippen LogP contribution in [0.1, 0.15) is 39.3 Å². The van der Waals surface area contributed by atoms with E-state index in [9.17, 15) is 0 Å². The second-order valence-corrected chi connectivity index (χ2v) is 6.26. The highest BCUT2D eigenvalue weighted by molar-refractivity contribution is 5.64. The maximum atomic E-state index is 5.86. The van der Waals surface area contributed by atoms with E-state index in [-0.39, 0.29) is 6.10 Å². The van der Waals surface area contributed by atoms with Crippen molar-refractivity contribution < 1.29 is 4.74 Å². The zero-order valence-corrected chi connectivity index (χ0v) is 15.3. The van der Waals surface area contributed by atoms with Crippen molar-refractivity contribution in [2.75, 3.05) is 23.8 Å². The number of ether oxygens (including phenoxy) is 1. The van der Waals surface area contributed by atoms with E-state index in [0.29, 0.717) is 0 Å². The minimum Gasteiger partial charge on any atom is -0.489 e. The summed E-state index contributed by atoms with van der Waals surface area (Å²) in [6.45, 7) is 9.16. The molecule has 2 aromatic rings. The van der Waals surface area contributed by atoms with Crippen molar-refractivity contribution in [2.45, 2.75) is 46.6 Å². The Hall–Kier alpha value is -2.30. The molecule has 0 saturated heterocycles. The van der Waals surface area contributed by atoms with Gasteiger partial charge in [-0.05, 0) is 39.3 Å². The molecule has 0 aliphatic heterocycles. The van der Waals surface area contributed by atoms with E-state index in [2.05, 4.69) is 27.1 Å². The fraction of sp³-hybridized carbons (Fsp3) is 0.474.